The Kier molecular flexibility index (Phi) is 8.78. The van der Waals surface area contributed by atoms with Crippen molar-refractivity contribution in [3.8, 4) is 0 Å². The van der Waals surface area contributed by atoms with Crippen LogP contribution in [0.15, 0.2) is 24.3 Å². The minimum Gasteiger partial charge on any atom is -0.480 e. The first-order chi connectivity index (χ1) is 10.5. The summed E-state index contributed by atoms with van der Waals surface area (Å²) >= 11 is 0. The first kappa shape index (κ1) is 18.7. The normalized spacial score (nSPS) is 12.5. The predicted molar refractivity (Wildman–Crippen MR) is 89.0 cm³/mol. The van der Waals surface area contributed by atoms with Crippen LogP contribution >= 0.6 is 0 Å². The SMILES string of the molecule is CCCCCCc1ccc(C(O)CCN(C)CC(=O)O)cc1. The van der Waals surface area contributed by atoms with Crippen LogP contribution < -0.4 is 0 Å². The maximum Gasteiger partial charge on any atom is 0.317 e. The van der Waals surface area contributed by atoms with Gasteiger partial charge in [-0.2, -0.15) is 0 Å². The van der Waals surface area contributed by atoms with Gasteiger partial charge in [-0.05, 0) is 37.4 Å². The average Bonchev–Trinajstić information content (AvgIpc) is 2.49. The van der Waals surface area contributed by atoms with Gasteiger partial charge in [0.15, 0.2) is 0 Å². The molecule has 1 rings (SSSR count). The number of carboxylic acid groups (broad SMARTS) is 1. The highest BCUT2D eigenvalue weighted by Crippen LogP contribution is 2.18. The van der Waals surface area contributed by atoms with Crippen molar-refractivity contribution < 1.29 is 15.0 Å². The van der Waals surface area contributed by atoms with Gasteiger partial charge in [0.1, 0.15) is 0 Å². The highest BCUT2D eigenvalue weighted by Gasteiger charge is 2.10. The summed E-state index contributed by atoms with van der Waals surface area (Å²) in [5.74, 6) is -0.843. The number of nitrogens with zero attached hydrogens (tertiary/aromatic N) is 1. The number of likely N-dealkylation sites (N-methyl/N-ethyl adjacent to an activating group) is 1. The van der Waals surface area contributed by atoms with Gasteiger partial charge in [-0.3, -0.25) is 9.69 Å². The zero-order valence-electron chi connectivity index (χ0n) is 13.8. The average molecular weight is 307 g/mol. The third-order valence-corrected chi connectivity index (χ3v) is 3.87. The van der Waals surface area contributed by atoms with E-state index in [9.17, 15) is 9.90 Å². The van der Waals surface area contributed by atoms with E-state index in [0.717, 1.165) is 12.0 Å². The summed E-state index contributed by atoms with van der Waals surface area (Å²) in [6, 6.07) is 8.14. The maximum absolute atomic E-state index is 10.6. The van der Waals surface area contributed by atoms with E-state index in [1.54, 1.807) is 11.9 Å². The van der Waals surface area contributed by atoms with Crippen LogP contribution in [0.4, 0.5) is 0 Å². The van der Waals surface area contributed by atoms with Crippen LogP contribution in [0.1, 0.15) is 56.3 Å². The number of carbonyl (C=O) groups is 1. The molecule has 1 atom stereocenters. The van der Waals surface area contributed by atoms with Crippen LogP contribution in [0.25, 0.3) is 0 Å². The van der Waals surface area contributed by atoms with Gasteiger partial charge >= 0.3 is 5.97 Å². The van der Waals surface area contributed by atoms with Crippen molar-refractivity contribution in [1.82, 2.24) is 4.90 Å². The molecule has 0 saturated carbocycles. The number of hydrogen-bond donors (Lipinski definition) is 2. The number of aliphatic hydroxyl groups excluding tert-OH is 1. The third kappa shape index (κ3) is 7.57. The second-order valence-electron chi connectivity index (χ2n) is 5.99. The molecule has 124 valence electrons. The molecule has 0 amide bonds. The molecule has 1 aromatic rings. The molecule has 0 aliphatic carbocycles. The predicted octanol–water partition coefficient (Wildman–Crippen LogP) is 3.25. The zero-order valence-corrected chi connectivity index (χ0v) is 13.8. The lowest BCUT2D eigenvalue weighted by atomic mass is 10.0. The molecule has 0 bridgehead atoms. The Hall–Kier alpha value is -1.39. The van der Waals surface area contributed by atoms with Crippen LogP contribution in [0.5, 0.6) is 0 Å². The molecule has 2 N–H and O–H groups in total. The number of benzene rings is 1. The van der Waals surface area contributed by atoms with Crippen molar-refractivity contribution in [1.29, 1.82) is 0 Å². The molecule has 0 aromatic heterocycles. The van der Waals surface area contributed by atoms with Crippen LogP contribution in [-0.4, -0.2) is 41.2 Å². The van der Waals surface area contributed by atoms with Gasteiger partial charge in [0, 0.05) is 6.54 Å². The smallest absolute Gasteiger partial charge is 0.317 e. The molecule has 0 aliphatic heterocycles. The highest BCUT2D eigenvalue weighted by atomic mass is 16.4. The van der Waals surface area contributed by atoms with Gasteiger partial charge in [-0.25, -0.2) is 0 Å². The van der Waals surface area contributed by atoms with E-state index in [1.165, 1.54) is 31.2 Å². The van der Waals surface area contributed by atoms with E-state index in [-0.39, 0.29) is 6.54 Å². The molecule has 4 heteroatoms. The Morgan fingerprint density at radius 3 is 2.45 bits per heavy atom. The Balaban J connectivity index is 2.36. The maximum atomic E-state index is 10.6. The second-order valence-corrected chi connectivity index (χ2v) is 5.99. The zero-order chi connectivity index (χ0) is 16.4. The summed E-state index contributed by atoms with van der Waals surface area (Å²) < 4.78 is 0. The first-order valence-electron chi connectivity index (χ1n) is 8.20. The minimum absolute atomic E-state index is 0.00339. The molecule has 0 aliphatic rings. The Labute approximate surface area is 133 Å². The molecular formula is C18H29NO3. The Morgan fingerprint density at radius 2 is 1.86 bits per heavy atom. The molecule has 0 saturated heterocycles. The highest BCUT2D eigenvalue weighted by molar-refractivity contribution is 5.68. The topological polar surface area (TPSA) is 60.8 Å². The minimum atomic E-state index is -0.843. The van der Waals surface area contributed by atoms with Crippen molar-refractivity contribution in [2.45, 2.75) is 51.6 Å². The Morgan fingerprint density at radius 1 is 1.18 bits per heavy atom. The summed E-state index contributed by atoms with van der Waals surface area (Å²) in [4.78, 5) is 12.3. The number of unbranched alkanes of at least 4 members (excludes halogenated alkanes) is 3. The van der Waals surface area contributed by atoms with E-state index < -0.39 is 12.1 Å². The summed E-state index contributed by atoms with van der Waals surface area (Å²) in [6.45, 7) is 2.78. The van der Waals surface area contributed by atoms with Gasteiger partial charge < -0.3 is 10.2 Å². The number of aryl methyl sites for hydroxylation is 1. The molecule has 0 radical (unpaired) electrons. The van der Waals surface area contributed by atoms with Crippen molar-refractivity contribution >= 4 is 5.97 Å². The standard InChI is InChI=1S/C18H29NO3/c1-3-4-5-6-7-15-8-10-16(11-9-15)17(20)12-13-19(2)14-18(21)22/h8-11,17,20H,3-7,12-14H2,1-2H3,(H,21,22). The van der Waals surface area contributed by atoms with Crippen molar-refractivity contribution in [2.75, 3.05) is 20.1 Å². The fraction of sp³-hybridized carbons (Fsp3) is 0.611. The van der Waals surface area contributed by atoms with Gasteiger partial charge in [0.25, 0.3) is 0 Å². The molecular weight excluding hydrogens is 278 g/mol. The third-order valence-electron chi connectivity index (χ3n) is 3.87. The number of rotatable bonds is 11. The molecule has 0 heterocycles. The van der Waals surface area contributed by atoms with Crippen molar-refractivity contribution in [2.24, 2.45) is 0 Å². The van der Waals surface area contributed by atoms with Gasteiger partial charge in [0.05, 0.1) is 12.6 Å². The number of carboxylic acids is 1. The lowest BCUT2D eigenvalue weighted by molar-refractivity contribution is -0.138. The monoisotopic (exact) mass is 307 g/mol. The molecule has 1 aromatic carbocycles. The summed E-state index contributed by atoms with van der Waals surface area (Å²) in [6.07, 6.45) is 6.14. The quantitative estimate of drug-likeness (QED) is 0.616. The lowest BCUT2D eigenvalue weighted by Gasteiger charge is -2.17. The van der Waals surface area contributed by atoms with Crippen LogP contribution in [0.3, 0.4) is 0 Å². The molecule has 1 unspecified atom stereocenters. The van der Waals surface area contributed by atoms with E-state index in [2.05, 4.69) is 19.1 Å². The summed E-state index contributed by atoms with van der Waals surface area (Å²) in [5, 5.41) is 18.9. The number of aliphatic carboxylic acids is 1. The largest absolute Gasteiger partial charge is 0.480 e. The molecule has 0 spiro atoms. The van der Waals surface area contributed by atoms with E-state index >= 15 is 0 Å². The van der Waals surface area contributed by atoms with Gasteiger partial charge in [0.2, 0.25) is 0 Å². The fourth-order valence-electron chi connectivity index (χ4n) is 2.48. The van der Waals surface area contributed by atoms with Crippen molar-refractivity contribution in [3.63, 3.8) is 0 Å². The van der Waals surface area contributed by atoms with Gasteiger partial charge in [-0.15, -0.1) is 0 Å². The van der Waals surface area contributed by atoms with Crippen LogP contribution in [-0.2, 0) is 11.2 Å². The lowest BCUT2D eigenvalue weighted by Crippen LogP contribution is -2.27. The summed E-state index contributed by atoms with van der Waals surface area (Å²) in [5.41, 5.74) is 2.22. The van der Waals surface area contributed by atoms with Gasteiger partial charge in [-0.1, -0.05) is 50.5 Å². The van der Waals surface area contributed by atoms with E-state index in [0.29, 0.717) is 13.0 Å². The molecule has 0 fully saturated rings. The summed E-state index contributed by atoms with van der Waals surface area (Å²) in [7, 11) is 1.75. The molecule has 22 heavy (non-hydrogen) atoms. The number of hydrogen-bond acceptors (Lipinski definition) is 3. The number of aliphatic hydroxyl groups is 1. The van der Waals surface area contributed by atoms with Crippen LogP contribution in [0.2, 0.25) is 0 Å². The van der Waals surface area contributed by atoms with E-state index in [4.69, 9.17) is 5.11 Å². The fourth-order valence-corrected chi connectivity index (χ4v) is 2.48. The molecule has 4 nitrogen and oxygen atoms in total. The second kappa shape index (κ2) is 10.4. The van der Waals surface area contributed by atoms with Crippen molar-refractivity contribution in [3.05, 3.63) is 35.4 Å². The Bertz CT molecular complexity index is 430. The van der Waals surface area contributed by atoms with Crippen LogP contribution in [0, 0.1) is 0 Å². The van der Waals surface area contributed by atoms with E-state index in [1.807, 2.05) is 12.1 Å². The first-order valence-corrected chi connectivity index (χ1v) is 8.20.